The summed E-state index contributed by atoms with van der Waals surface area (Å²) >= 11 is 2.07. The van der Waals surface area contributed by atoms with Gasteiger partial charge >= 0.3 is 0 Å². The van der Waals surface area contributed by atoms with Crippen LogP contribution in [0.15, 0.2) is 18.3 Å². The zero-order valence-corrected chi connectivity index (χ0v) is 12.3. The van der Waals surface area contributed by atoms with Gasteiger partial charge in [-0.3, -0.25) is 0 Å². The van der Waals surface area contributed by atoms with Crippen molar-refractivity contribution in [2.45, 2.75) is 44.4 Å². The number of nitrogens with zero attached hydrogens (tertiary/aromatic N) is 3. The number of fused-ring (bicyclic) bond motifs is 1. The SMILES string of the molecule is CCSC1CCC(Nc2nc3ccc(C)cn3n2)C1. The number of rotatable bonds is 4. The Bertz CT molecular complexity index is 566. The van der Waals surface area contributed by atoms with E-state index in [1.54, 1.807) is 0 Å². The number of nitrogens with one attached hydrogen (secondary N) is 1. The van der Waals surface area contributed by atoms with Crippen LogP contribution in [-0.2, 0) is 0 Å². The molecule has 2 unspecified atom stereocenters. The molecule has 4 nitrogen and oxygen atoms in total. The van der Waals surface area contributed by atoms with Crippen LogP contribution >= 0.6 is 11.8 Å². The quantitative estimate of drug-likeness (QED) is 0.931. The molecule has 3 rings (SSSR count). The molecule has 1 N–H and O–H groups in total. The molecule has 19 heavy (non-hydrogen) atoms. The summed E-state index contributed by atoms with van der Waals surface area (Å²) in [5.41, 5.74) is 2.11. The Hall–Kier alpha value is -1.23. The second-order valence-corrected chi connectivity index (χ2v) is 6.75. The average Bonchev–Trinajstić information content (AvgIpc) is 2.96. The first kappa shape index (κ1) is 12.8. The third-order valence-corrected chi connectivity index (χ3v) is 4.83. The fourth-order valence-electron chi connectivity index (χ4n) is 2.69. The van der Waals surface area contributed by atoms with Crippen molar-refractivity contribution < 1.29 is 0 Å². The van der Waals surface area contributed by atoms with E-state index in [1.807, 2.05) is 16.8 Å². The van der Waals surface area contributed by atoms with E-state index in [2.05, 4.69) is 47.1 Å². The number of aryl methyl sites for hydroxylation is 1. The lowest BCUT2D eigenvalue weighted by atomic mass is 10.2. The summed E-state index contributed by atoms with van der Waals surface area (Å²) in [6, 6.07) is 4.61. The van der Waals surface area contributed by atoms with Crippen molar-refractivity contribution >= 4 is 23.4 Å². The molecule has 2 aromatic heterocycles. The Morgan fingerprint density at radius 2 is 2.32 bits per heavy atom. The minimum absolute atomic E-state index is 0.530. The van der Waals surface area contributed by atoms with Gasteiger partial charge in [0.05, 0.1) is 0 Å². The van der Waals surface area contributed by atoms with Crippen LogP contribution in [0.3, 0.4) is 0 Å². The van der Waals surface area contributed by atoms with Crippen LogP contribution in [0, 0.1) is 6.92 Å². The predicted molar refractivity (Wildman–Crippen MR) is 80.9 cm³/mol. The van der Waals surface area contributed by atoms with Crippen molar-refractivity contribution in [3.05, 3.63) is 23.9 Å². The molecule has 0 bridgehead atoms. The summed E-state index contributed by atoms with van der Waals surface area (Å²) in [6.45, 7) is 4.30. The number of hydrogen-bond acceptors (Lipinski definition) is 4. The molecule has 0 spiro atoms. The Labute approximate surface area is 118 Å². The normalized spacial score (nSPS) is 23.1. The lowest BCUT2D eigenvalue weighted by Gasteiger charge is -2.10. The molecular formula is C14H20N4S. The molecule has 2 aromatic rings. The number of thioether (sulfide) groups is 1. The molecule has 0 aromatic carbocycles. The maximum atomic E-state index is 4.52. The molecule has 2 heterocycles. The van der Waals surface area contributed by atoms with Crippen LogP contribution in [0.4, 0.5) is 5.95 Å². The van der Waals surface area contributed by atoms with Gasteiger partial charge < -0.3 is 5.32 Å². The first-order valence-corrected chi connectivity index (χ1v) is 8.00. The van der Waals surface area contributed by atoms with E-state index in [-0.39, 0.29) is 0 Å². The Morgan fingerprint density at radius 3 is 3.16 bits per heavy atom. The van der Waals surface area contributed by atoms with Gasteiger partial charge in [0.25, 0.3) is 0 Å². The Kier molecular flexibility index (Phi) is 3.64. The minimum Gasteiger partial charge on any atom is -0.350 e. The molecule has 2 atom stereocenters. The summed E-state index contributed by atoms with van der Waals surface area (Å²) in [4.78, 5) is 4.52. The predicted octanol–water partition coefficient (Wildman–Crippen LogP) is 3.12. The second-order valence-electron chi connectivity index (χ2n) is 5.18. The van der Waals surface area contributed by atoms with Gasteiger partial charge in [-0.2, -0.15) is 16.7 Å². The zero-order valence-electron chi connectivity index (χ0n) is 11.5. The molecule has 0 amide bonds. The topological polar surface area (TPSA) is 42.2 Å². The van der Waals surface area contributed by atoms with E-state index < -0.39 is 0 Å². The van der Waals surface area contributed by atoms with Crippen LogP contribution in [0.2, 0.25) is 0 Å². The highest BCUT2D eigenvalue weighted by molar-refractivity contribution is 7.99. The van der Waals surface area contributed by atoms with Gasteiger partial charge in [-0.1, -0.05) is 13.0 Å². The molecule has 0 saturated heterocycles. The lowest BCUT2D eigenvalue weighted by molar-refractivity contribution is 0.744. The lowest BCUT2D eigenvalue weighted by Crippen LogP contribution is -2.17. The summed E-state index contributed by atoms with van der Waals surface area (Å²) in [6.07, 6.45) is 5.78. The van der Waals surface area contributed by atoms with Crippen molar-refractivity contribution in [2.75, 3.05) is 11.1 Å². The smallest absolute Gasteiger partial charge is 0.243 e. The van der Waals surface area contributed by atoms with Crippen LogP contribution in [-0.4, -0.2) is 31.6 Å². The fraction of sp³-hybridized carbons (Fsp3) is 0.571. The van der Waals surface area contributed by atoms with Gasteiger partial charge in [0.1, 0.15) is 0 Å². The van der Waals surface area contributed by atoms with Gasteiger partial charge in [-0.15, -0.1) is 5.10 Å². The van der Waals surface area contributed by atoms with Crippen molar-refractivity contribution in [3.63, 3.8) is 0 Å². The first-order valence-electron chi connectivity index (χ1n) is 6.96. The number of anilines is 1. The third kappa shape index (κ3) is 2.86. The molecule has 5 heteroatoms. The summed E-state index contributed by atoms with van der Waals surface area (Å²) in [5.74, 6) is 1.97. The first-order chi connectivity index (χ1) is 9.24. The molecule has 1 aliphatic rings. The van der Waals surface area contributed by atoms with Crippen LogP contribution in [0.25, 0.3) is 5.65 Å². The number of pyridine rings is 1. The van der Waals surface area contributed by atoms with Gasteiger partial charge in [-0.25, -0.2) is 4.52 Å². The maximum absolute atomic E-state index is 4.52. The monoisotopic (exact) mass is 276 g/mol. The maximum Gasteiger partial charge on any atom is 0.243 e. The van der Waals surface area contributed by atoms with E-state index in [9.17, 15) is 0 Å². The Balaban J connectivity index is 1.68. The molecule has 0 radical (unpaired) electrons. The zero-order chi connectivity index (χ0) is 13.2. The molecule has 1 aliphatic carbocycles. The summed E-state index contributed by atoms with van der Waals surface area (Å²) in [7, 11) is 0. The summed E-state index contributed by atoms with van der Waals surface area (Å²) < 4.78 is 1.85. The second kappa shape index (κ2) is 5.41. The fourth-order valence-corrected chi connectivity index (χ4v) is 3.83. The van der Waals surface area contributed by atoms with Gasteiger partial charge in [-0.05, 0) is 43.6 Å². The van der Waals surface area contributed by atoms with Crippen molar-refractivity contribution in [1.29, 1.82) is 0 Å². The van der Waals surface area contributed by atoms with E-state index in [4.69, 9.17) is 0 Å². The molecule has 102 valence electrons. The number of hydrogen-bond donors (Lipinski definition) is 1. The molecule has 1 saturated carbocycles. The Morgan fingerprint density at radius 1 is 1.42 bits per heavy atom. The van der Waals surface area contributed by atoms with Crippen molar-refractivity contribution in [2.24, 2.45) is 0 Å². The van der Waals surface area contributed by atoms with E-state index in [0.29, 0.717) is 6.04 Å². The highest BCUT2D eigenvalue weighted by Crippen LogP contribution is 2.31. The van der Waals surface area contributed by atoms with Crippen molar-refractivity contribution in [3.8, 4) is 0 Å². The highest BCUT2D eigenvalue weighted by atomic mass is 32.2. The molecular weight excluding hydrogens is 256 g/mol. The molecule has 0 aliphatic heterocycles. The summed E-state index contributed by atoms with van der Waals surface area (Å²) in [5, 5.41) is 8.78. The average molecular weight is 276 g/mol. The van der Waals surface area contributed by atoms with Crippen molar-refractivity contribution in [1.82, 2.24) is 14.6 Å². The van der Waals surface area contributed by atoms with Crippen LogP contribution in [0.1, 0.15) is 31.7 Å². The third-order valence-electron chi connectivity index (χ3n) is 3.60. The minimum atomic E-state index is 0.530. The largest absolute Gasteiger partial charge is 0.350 e. The van der Waals surface area contributed by atoms with Gasteiger partial charge in [0, 0.05) is 17.5 Å². The van der Waals surface area contributed by atoms with Gasteiger partial charge in [0.2, 0.25) is 5.95 Å². The van der Waals surface area contributed by atoms with E-state index >= 15 is 0 Å². The molecule has 1 fully saturated rings. The van der Waals surface area contributed by atoms with Crippen LogP contribution in [0.5, 0.6) is 0 Å². The van der Waals surface area contributed by atoms with Gasteiger partial charge in [0.15, 0.2) is 5.65 Å². The number of aromatic nitrogens is 3. The van der Waals surface area contributed by atoms with E-state index in [0.717, 1.165) is 16.8 Å². The standard InChI is InChI=1S/C14H20N4S/c1-3-19-12-6-5-11(8-12)15-14-16-13-7-4-10(2)9-18(13)17-14/h4,7,9,11-12H,3,5-6,8H2,1-2H3,(H,15,17). The van der Waals surface area contributed by atoms with Crippen LogP contribution < -0.4 is 5.32 Å². The van der Waals surface area contributed by atoms with E-state index in [1.165, 1.54) is 30.6 Å². The highest BCUT2D eigenvalue weighted by Gasteiger charge is 2.25.